The van der Waals surface area contributed by atoms with Gasteiger partial charge in [-0.15, -0.1) is 0 Å². The number of methoxy groups -OCH3 is 1. The van der Waals surface area contributed by atoms with Crippen LogP contribution >= 0.6 is 11.6 Å². The first-order valence-electron chi connectivity index (χ1n) is 5.70. The van der Waals surface area contributed by atoms with Crippen LogP contribution in [0.3, 0.4) is 0 Å². The lowest BCUT2D eigenvalue weighted by molar-refractivity contribution is 0.184. The lowest BCUT2D eigenvalue weighted by Gasteiger charge is -2.11. The van der Waals surface area contributed by atoms with Crippen molar-refractivity contribution in [2.45, 2.75) is 13.2 Å². The largest absolute Gasteiger partial charge is 0.380 e. The summed E-state index contributed by atoms with van der Waals surface area (Å²) in [6.07, 6.45) is 3.35. The molecule has 0 spiro atoms. The Balaban J connectivity index is 2.08. The van der Waals surface area contributed by atoms with Crippen LogP contribution in [0.15, 0.2) is 42.7 Å². The minimum atomic E-state index is 0.613. The van der Waals surface area contributed by atoms with Crippen LogP contribution < -0.4 is 5.32 Å². The topological polar surface area (TPSA) is 34.1 Å². The Bertz CT molecular complexity index is 517. The van der Waals surface area contributed by atoms with Crippen molar-refractivity contribution < 1.29 is 4.74 Å². The zero-order chi connectivity index (χ0) is 12.8. The van der Waals surface area contributed by atoms with Crippen LogP contribution in [0.25, 0.3) is 0 Å². The molecule has 1 heterocycles. The van der Waals surface area contributed by atoms with E-state index in [2.05, 4.69) is 22.4 Å². The van der Waals surface area contributed by atoms with Gasteiger partial charge in [0.1, 0.15) is 0 Å². The van der Waals surface area contributed by atoms with Gasteiger partial charge in [-0.3, -0.25) is 4.98 Å². The predicted octanol–water partition coefficient (Wildman–Crippen LogP) is 3.49. The molecule has 0 aliphatic heterocycles. The van der Waals surface area contributed by atoms with E-state index < -0.39 is 0 Å². The maximum Gasteiger partial charge on any atom is 0.0820 e. The highest BCUT2D eigenvalue weighted by atomic mass is 35.5. The smallest absolute Gasteiger partial charge is 0.0820 e. The highest BCUT2D eigenvalue weighted by Crippen LogP contribution is 2.20. The van der Waals surface area contributed by atoms with Gasteiger partial charge in [0.25, 0.3) is 0 Å². The molecule has 0 fully saturated rings. The summed E-state index contributed by atoms with van der Waals surface area (Å²) in [5, 5.41) is 3.93. The van der Waals surface area contributed by atoms with Crippen LogP contribution in [-0.2, 0) is 17.9 Å². The Kier molecular flexibility index (Phi) is 4.56. The maximum atomic E-state index is 6.04. The lowest BCUT2D eigenvalue weighted by atomic mass is 10.1. The number of aromatic nitrogens is 1. The Morgan fingerprint density at radius 3 is 2.72 bits per heavy atom. The second-order valence-corrected chi connectivity index (χ2v) is 4.32. The Hall–Kier alpha value is -1.58. The van der Waals surface area contributed by atoms with Gasteiger partial charge in [-0.1, -0.05) is 35.9 Å². The average Bonchev–Trinajstić information content (AvgIpc) is 2.40. The van der Waals surface area contributed by atoms with E-state index in [1.807, 2.05) is 18.2 Å². The fraction of sp³-hybridized carbons (Fsp3) is 0.214. The SMILES string of the molecule is COCc1ccccc1CNc1ccncc1Cl. The van der Waals surface area contributed by atoms with Gasteiger partial charge in [-0.05, 0) is 17.2 Å². The van der Waals surface area contributed by atoms with Crippen LogP contribution in [0.4, 0.5) is 5.69 Å². The van der Waals surface area contributed by atoms with Crippen molar-refractivity contribution in [2.24, 2.45) is 0 Å². The molecule has 0 bridgehead atoms. The third-order valence-corrected chi connectivity index (χ3v) is 2.96. The third-order valence-electron chi connectivity index (χ3n) is 2.66. The summed E-state index contributed by atoms with van der Waals surface area (Å²) in [5.74, 6) is 0. The summed E-state index contributed by atoms with van der Waals surface area (Å²) in [7, 11) is 1.70. The van der Waals surface area contributed by atoms with Crippen LogP contribution in [0, 0.1) is 0 Å². The summed E-state index contributed by atoms with van der Waals surface area (Å²) < 4.78 is 5.18. The second kappa shape index (κ2) is 6.38. The number of halogens is 1. The predicted molar refractivity (Wildman–Crippen MR) is 73.7 cm³/mol. The van der Waals surface area contributed by atoms with E-state index in [4.69, 9.17) is 16.3 Å². The number of benzene rings is 1. The van der Waals surface area contributed by atoms with Crippen molar-refractivity contribution in [3.63, 3.8) is 0 Å². The molecule has 0 saturated carbocycles. The molecule has 1 N–H and O–H groups in total. The third kappa shape index (κ3) is 3.22. The van der Waals surface area contributed by atoms with Crippen molar-refractivity contribution in [3.8, 4) is 0 Å². The van der Waals surface area contributed by atoms with Crippen molar-refractivity contribution in [3.05, 3.63) is 58.9 Å². The molecule has 2 aromatic rings. The molecule has 0 aliphatic rings. The maximum absolute atomic E-state index is 6.04. The highest BCUT2D eigenvalue weighted by molar-refractivity contribution is 6.33. The van der Waals surface area contributed by atoms with Crippen molar-refractivity contribution in [1.82, 2.24) is 4.98 Å². The first-order chi connectivity index (χ1) is 8.81. The molecule has 0 atom stereocenters. The summed E-state index contributed by atoms with van der Waals surface area (Å²) in [6, 6.07) is 10.0. The number of rotatable bonds is 5. The molecule has 0 unspecified atom stereocenters. The molecule has 0 amide bonds. The van der Waals surface area contributed by atoms with E-state index >= 15 is 0 Å². The normalized spacial score (nSPS) is 10.3. The fourth-order valence-electron chi connectivity index (χ4n) is 1.74. The van der Waals surface area contributed by atoms with Crippen molar-refractivity contribution in [2.75, 3.05) is 12.4 Å². The molecule has 0 aliphatic carbocycles. The molecule has 2 rings (SSSR count). The number of pyridine rings is 1. The van der Waals surface area contributed by atoms with Gasteiger partial charge in [0.15, 0.2) is 0 Å². The Morgan fingerprint density at radius 2 is 2.00 bits per heavy atom. The molecule has 1 aromatic carbocycles. The number of nitrogens with one attached hydrogen (secondary N) is 1. The van der Waals surface area contributed by atoms with E-state index in [1.165, 1.54) is 11.1 Å². The van der Waals surface area contributed by atoms with Gasteiger partial charge in [0.05, 0.1) is 17.3 Å². The van der Waals surface area contributed by atoms with Gasteiger partial charge >= 0.3 is 0 Å². The quantitative estimate of drug-likeness (QED) is 0.896. The van der Waals surface area contributed by atoms with Crippen molar-refractivity contribution >= 4 is 17.3 Å². The molecule has 0 saturated heterocycles. The number of hydrogen-bond donors (Lipinski definition) is 1. The van der Waals surface area contributed by atoms with E-state index in [1.54, 1.807) is 19.5 Å². The Labute approximate surface area is 112 Å². The van der Waals surface area contributed by atoms with Crippen LogP contribution in [0.1, 0.15) is 11.1 Å². The molecule has 0 radical (unpaired) electrons. The first-order valence-corrected chi connectivity index (χ1v) is 6.08. The second-order valence-electron chi connectivity index (χ2n) is 3.91. The number of nitrogens with zero attached hydrogens (tertiary/aromatic N) is 1. The monoisotopic (exact) mass is 262 g/mol. The van der Waals surface area contributed by atoms with Crippen LogP contribution in [0.2, 0.25) is 5.02 Å². The van der Waals surface area contributed by atoms with Gasteiger partial charge in [0, 0.05) is 26.0 Å². The van der Waals surface area contributed by atoms with Gasteiger partial charge in [-0.25, -0.2) is 0 Å². The van der Waals surface area contributed by atoms with E-state index in [0.29, 0.717) is 18.2 Å². The highest BCUT2D eigenvalue weighted by Gasteiger charge is 2.03. The summed E-state index contributed by atoms with van der Waals surface area (Å²) in [5.41, 5.74) is 3.27. The van der Waals surface area contributed by atoms with Crippen LogP contribution in [-0.4, -0.2) is 12.1 Å². The Morgan fingerprint density at radius 1 is 1.22 bits per heavy atom. The van der Waals surface area contributed by atoms with Gasteiger partial charge < -0.3 is 10.1 Å². The zero-order valence-electron chi connectivity index (χ0n) is 10.2. The number of ether oxygens (including phenoxy) is 1. The number of anilines is 1. The molecule has 1 aromatic heterocycles. The molecular weight excluding hydrogens is 248 g/mol. The van der Waals surface area contributed by atoms with E-state index in [0.717, 1.165) is 5.69 Å². The van der Waals surface area contributed by atoms with E-state index in [-0.39, 0.29) is 0 Å². The number of hydrogen-bond acceptors (Lipinski definition) is 3. The van der Waals surface area contributed by atoms with E-state index in [9.17, 15) is 0 Å². The summed E-state index contributed by atoms with van der Waals surface area (Å²) >= 11 is 6.04. The zero-order valence-corrected chi connectivity index (χ0v) is 10.9. The molecule has 3 nitrogen and oxygen atoms in total. The molecule has 4 heteroatoms. The first kappa shape index (κ1) is 12.9. The molecular formula is C14H15ClN2O. The fourth-order valence-corrected chi connectivity index (χ4v) is 1.92. The average molecular weight is 263 g/mol. The van der Waals surface area contributed by atoms with Gasteiger partial charge in [-0.2, -0.15) is 0 Å². The minimum absolute atomic E-state index is 0.613. The van der Waals surface area contributed by atoms with Crippen molar-refractivity contribution in [1.29, 1.82) is 0 Å². The molecule has 18 heavy (non-hydrogen) atoms. The lowest BCUT2D eigenvalue weighted by Crippen LogP contribution is -2.04. The molecule has 94 valence electrons. The standard InChI is InChI=1S/C14H15ClN2O/c1-18-10-12-5-3-2-4-11(12)8-17-14-6-7-16-9-13(14)15/h2-7,9H,8,10H2,1H3,(H,16,17). The van der Waals surface area contributed by atoms with Gasteiger partial charge in [0.2, 0.25) is 0 Å². The minimum Gasteiger partial charge on any atom is -0.380 e. The summed E-state index contributed by atoms with van der Waals surface area (Å²) in [4.78, 5) is 3.95. The van der Waals surface area contributed by atoms with Crippen LogP contribution in [0.5, 0.6) is 0 Å². The summed E-state index contributed by atoms with van der Waals surface area (Å²) in [6.45, 7) is 1.32.